The summed E-state index contributed by atoms with van der Waals surface area (Å²) < 4.78 is 31.7. The summed E-state index contributed by atoms with van der Waals surface area (Å²) in [5.41, 5.74) is 2.44. The quantitative estimate of drug-likeness (QED) is 0.546. The summed E-state index contributed by atoms with van der Waals surface area (Å²) in [4.78, 5) is 16.3. The SMILES string of the molecule is Cc1ccc(S(=O)(=O)NCC(=O)OCc2csc(Nc3ccccc3)n2)cc1. The summed E-state index contributed by atoms with van der Waals surface area (Å²) >= 11 is 1.39. The molecule has 9 heteroatoms. The van der Waals surface area contributed by atoms with E-state index in [-0.39, 0.29) is 11.5 Å². The third-order valence-corrected chi connectivity index (χ3v) is 5.92. The summed E-state index contributed by atoms with van der Waals surface area (Å²) in [6, 6.07) is 15.9. The number of hydrogen-bond donors (Lipinski definition) is 2. The number of sulfonamides is 1. The number of carbonyl (C=O) groups is 1. The minimum absolute atomic E-state index is 0.0297. The van der Waals surface area contributed by atoms with Crippen LogP contribution >= 0.6 is 11.3 Å². The van der Waals surface area contributed by atoms with Crippen LogP contribution in [0.25, 0.3) is 0 Å². The Bertz CT molecular complexity index is 1030. The highest BCUT2D eigenvalue weighted by Gasteiger charge is 2.16. The predicted octanol–water partition coefficient (Wildman–Crippen LogP) is 3.22. The number of aryl methyl sites for hydroxylation is 1. The number of nitrogens with one attached hydrogen (secondary N) is 2. The van der Waals surface area contributed by atoms with E-state index in [1.165, 1.54) is 23.5 Å². The fourth-order valence-electron chi connectivity index (χ4n) is 2.24. The minimum Gasteiger partial charge on any atom is -0.458 e. The van der Waals surface area contributed by atoms with E-state index in [4.69, 9.17) is 4.74 Å². The number of nitrogens with zero attached hydrogens (tertiary/aromatic N) is 1. The summed E-state index contributed by atoms with van der Waals surface area (Å²) in [7, 11) is -3.76. The maximum absolute atomic E-state index is 12.2. The first-order valence-corrected chi connectivity index (χ1v) is 10.8. The zero-order chi connectivity index (χ0) is 20.0. The number of thiazole rings is 1. The van der Waals surface area contributed by atoms with Crippen molar-refractivity contribution in [3.8, 4) is 0 Å². The van der Waals surface area contributed by atoms with Gasteiger partial charge in [0.15, 0.2) is 5.13 Å². The van der Waals surface area contributed by atoms with Crippen LogP contribution in [-0.4, -0.2) is 25.9 Å². The maximum Gasteiger partial charge on any atom is 0.321 e. The second-order valence-corrected chi connectivity index (χ2v) is 8.56. The van der Waals surface area contributed by atoms with Crippen molar-refractivity contribution in [1.82, 2.24) is 9.71 Å². The average Bonchev–Trinajstić information content (AvgIpc) is 3.13. The number of esters is 1. The van der Waals surface area contributed by atoms with Gasteiger partial charge in [0.25, 0.3) is 0 Å². The van der Waals surface area contributed by atoms with Crippen LogP contribution < -0.4 is 10.0 Å². The molecule has 0 aliphatic rings. The lowest BCUT2D eigenvalue weighted by atomic mass is 10.2. The fraction of sp³-hybridized carbons (Fsp3) is 0.158. The summed E-state index contributed by atoms with van der Waals surface area (Å²) in [5, 5.41) is 5.61. The van der Waals surface area contributed by atoms with Crippen LogP contribution in [0.4, 0.5) is 10.8 Å². The smallest absolute Gasteiger partial charge is 0.321 e. The van der Waals surface area contributed by atoms with Crippen molar-refractivity contribution in [3.05, 3.63) is 71.2 Å². The molecule has 0 radical (unpaired) electrons. The van der Waals surface area contributed by atoms with Gasteiger partial charge in [0.2, 0.25) is 10.0 Å². The molecule has 7 nitrogen and oxygen atoms in total. The van der Waals surface area contributed by atoms with Gasteiger partial charge in [-0.2, -0.15) is 4.72 Å². The number of hydrogen-bond acceptors (Lipinski definition) is 7. The van der Waals surface area contributed by atoms with E-state index in [1.54, 1.807) is 17.5 Å². The zero-order valence-corrected chi connectivity index (χ0v) is 16.7. The van der Waals surface area contributed by atoms with E-state index in [0.717, 1.165) is 11.3 Å². The number of rotatable bonds is 8. The normalized spacial score (nSPS) is 11.2. The highest BCUT2D eigenvalue weighted by Crippen LogP contribution is 2.21. The van der Waals surface area contributed by atoms with E-state index < -0.39 is 22.5 Å². The molecule has 1 aromatic heterocycles. The van der Waals surface area contributed by atoms with E-state index in [9.17, 15) is 13.2 Å². The Kier molecular flexibility index (Phi) is 6.40. The molecular formula is C19H19N3O4S2. The zero-order valence-electron chi connectivity index (χ0n) is 15.1. The number of para-hydroxylation sites is 1. The third kappa shape index (κ3) is 5.62. The van der Waals surface area contributed by atoms with Crippen LogP contribution in [-0.2, 0) is 26.2 Å². The van der Waals surface area contributed by atoms with Crippen LogP contribution in [0.1, 0.15) is 11.3 Å². The molecule has 28 heavy (non-hydrogen) atoms. The van der Waals surface area contributed by atoms with Gasteiger partial charge >= 0.3 is 5.97 Å². The van der Waals surface area contributed by atoms with Crippen LogP contribution in [0.3, 0.4) is 0 Å². The number of benzene rings is 2. The first-order chi connectivity index (χ1) is 13.4. The monoisotopic (exact) mass is 417 g/mol. The fourth-order valence-corrected chi connectivity index (χ4v) is 3.92. The Morgan fingerprint density at radius 1 is 1.11 bits per heavy atom. The molecule has 2 N–H and O–H groups in total. The van der Waals surface area contributed by atoms with Gasteiger partial charge in [0.05, 0.1) is 10.6 Å². The molecule has 146 valence electrons. The Morgan fingerprint density at radius 3 is 2.54 bits per heavy atom. The second kappa shape index (κ2) is 8.96. The van der Waals surface area contributed by atoms with Gasteiger partial charge < -0.3 is 10.1 Å². The highest BCUT2D eigenvalue weighted by atomic mass is 32.2. The van der Waals surface area contributed by atoms with Crippen molar-refractivity contribution in [2.75, 3.05) is 11.9 Å². The molecule has 0 saturated heterocycles. The van der Waals surface area contributed by atoms with Crippen molar-refractivity contribution >= 4 is 38.1 Å². The Morgan fingerprint density at radius 2 is 1.82 bits per heavy atom. The molecule has 0 fully saturated rings. The minimum atomic E-state index is -3.76. The Labute approximate surface area is 167 Å². The number of carbonyl (C=O) groups excluding carboxylic acids is 1. The number of ether oxygens (including phenoxy) is 1. The van der Waals surface area contributed by atoms with Crippen molar-refractivity contribution in [3.63, 3.8) is 0 Å². The third-order valence-electron chi connectivity index (χ3n) is 3.70. The lowest BCUT2D eigenvalue weighted by molar-refractivity contribution is -0.143. The number of aromatic nitrogens is 1. The van der Waals surface area contributed by atoms with Gasteiger partial charge in [-0.25, -0.2) is 13.4 Å². The molecule has 2 aromatic carbocycles. The van der Waals surface area contributed by atoms with Crippen LogP contribution in [0.2, 0.25) is 0 Å². The molecule has 0 aliphatic heterocycles. The Balaban J connectivity index is 1.47. The topological polar surface area (TPSA) is 97.4 Å². The predicted molar refractivity (Wildman–Crippen MR) is 108 cm³/mol. The first kappa shape index (κ1) is 20.0. The van der Waals surface area contributed by atoms with Gasteiger partial charge in [-0.1, -0.05) is 35.9 Å². The van der Waals surface area contributed by atoms with Gasteiger partial charge in [0, 0.05) is 11.1 Å². The number of anilines is 2. The molecule has 0 atom stereocenters. The van der Waals surface area contributed by atoms with Crippen molar-refractivity contribution in [2.45, 2.75) is 18.4 Å². The molecule has 0 bridgehead atoms. The molecule has 3 rings (SSSR count). The van der Waals surface area contributed by atoms with E-state index in [1.807, 2.05) is 37.3 Å². The molecule has 3 aromatic rings. The van der Waals surface area contributed by atoms with Crippen LogP contribution in [0.15, 0.2) is 64.9 Å². The Hall–Kier alpha value is -2.75. The average molecular weight is 418 g/mol. The first-order valence-electron chi connectivity index (χ1n) is 8.41. The second-order valence-electron chi connectivity index (χ2n) is 5.93. The van der Waals surface area contributed by atoms with Gasteiger partial charge in [0.1, 0.15) is 13.2 Å². The van der Waals surface area contributed by atoms with E-state index >= 15 is 0 Å². The molecule has 0 amide bonds. The van der Waals surface area contributed by atoms with E-state index in [2.05, 4.69) is 15.0 Å². The van der Waals surface area contributed by atoms with Crippen molar-refractivity contribution in [2.24, 2.45) is 0 Å². The molecule has 0 unspecified atom stereocenters. The summed E-state index contributed by atoms with van der Waals surface area (Å²) in [6.07, 6.45) is 0. The summed E-state index contributed by atoms with van der Waals surface area (Å²) in [5.74, 6) is -0.679. The van der Waals surface area contributed by atoms with Crippen LogP contribution in [0, 0.1) is 6.92 Å². The van der Waals surface area contributed by atoms with Crippen molar-refractivity contribution < 1.29 is 17.9 Å². The molecule has 1 heterocycles. The highest BCUT2D eigenvalue weighted by molar-refractivity contribution is 7.89. The largest absolute Gasteiger partial charge is 0.458 e. The lowest BCUT2D eigenvalue weighted by Crippen LogP contribution is -2.30. The molecule has 0 saturated carbocycles. The van der Waals surface area contributed by atoms with Gasteiger partial charge in [-0.05, 0) is 31.2 Å². The summed E-state index contributed by atoms with van der Waals surface area (Å²) in [6.45, 7) is 1.38. The van der Waals surface area contributed by atoms with Crippen LogP contribution in [0.5, 0.6) is 0 Å². The van der Waals surface area contributed by atoms with Gasteiger partial charge in [-0.3, -0.25) is 4.79 Å². The van der Waals surface area contributed by atoms with Crippen molar-refractivity contribution in [1.29, 1.82) is 0 Å². The molecule has 0 spiro atoms. The molecular weight excluding hydrogens is 398 g/mol. The lowest BCUT2D eigenvalue weighted by Gasteiger charge is -2.07. The van der Waals surface area contributed by atoms with E-state index in [0.29, 0.717) is 10.8 Å². The standard InChI is InChI=1S/C19H19N3O4S2/c1-14-7-9-17(10-8-14)28(24,25)20-11-18(23)26-12-16-13-27-19(22-16)21-15-5-3-2-4-6-15/h2-10,13,20H,11-12H2,1H3,(H,21,22). The van der Waals surface area contributed by atoms with Gasteiger partial charge in [-0.15, -0.1) is 11.3 Å². The maximum atomic E-state index is 12.2. The molecule has 0 aliphatic carbocycles.